The number of hydrogen-bond acceptors (Lipinski definition) is 5. The normalized spacial score (nSPS) is 18.9. The number of amides is 1. The number of para-hydroxylation sites is 1. The molecule has 1 aliphatic heterocycles. The van der Waals surface area contributed by atoms with Crippen LogP contribution in [0.2, 0.25) is 10.0 Å². The number of nitrogens with zero attached hydrogens (tertiary/aromatic N) is 1. The zero-order valence-electron chi connectivity index (χ0n) is 17.4. The molecule has 0 radical (unpaired) electrons. The van der Waals surface area contributed by atoms with Gasteiger partial charge in [0.25, 0.3) is 10.1 Å². The third kappa shape index (κ3) is 5.92. The molecule has 1 amide bonds. The minimum atomic E-state index is -3.56. The van der Waals surface area contributed by atoms with Gasteiger partial charge in [-0.05, 0) is 36.6 Å². The highest BCUT2D eigenvalue weighted by Crippen LogP contribution is 2.40. The topological polar surface area (TPSA) is 72.9 Å². The average Bonchev–Trinajstić information content (AvgIpc) is 3.15. The molecule has 9 heteroatoms. The largest absolute Gasteiger partial charge is 0.496 e. The molecule has 2 aromatic rings. The Kier molecular flexibility index (Phi) is 7.52. The molecule has 0 bridgehead atoms. The van der Waals surface area contributed by atoms with Crippen LogP contribution >= 0.6 is 23.2 Å². The Labute approximate surface area is 193 Å². The van der Waals surface area contributed by atoms with Crippen LogP contribution in [0.25, 0.3) is 0 Å². The quantitative estimate of drug-likeness (QED) is 0.526. The van der Waals surface area contributed by atoms with Crippen LogP contribution in [0.4, 0.5) is 0 Å². The molecule has 2 aromatic carbocycles. The lowest BCUT2D eigenvalue weighted by Crippen LogP contribution is -2.36. The van der Waals surface area contributed by atoms with Gasteiger partial charge in [-0.1, -0.05) is 47.5 Å². The summed E-state index contributed by atoms with van der Waals surface area (Å²) in [5.74, 6) is 0.655. The number of likely N-dealkylation sites (tertiary alicyclic amines) is 1. The average molecular weight is 486 g/mol. The van der Waals surface area contributed by atoms with E-state index in [1.807, 2.05) is 30.3 Å². The van der Waals surface area contributed by atoms with Gasteiger partial charge in [0.1, 0.15) is 5.75 Å². The highest BCUT2D eigenvalue weighted by molar-refractivity contribution is 7.85. The predicted octanol–water partition coefficient (Wildman–Crippen LogP) is 4.08. The van der Waals surface area contributed by atoms with Gasteiger partial charge < -0.3 is 9.64 Å². The van der Waals surface area contributed by atoms with Gasteiger partial charge in [0, 0.05) is 24.1 Å². The fourth-order valence-electron chi connectivity index (χ4n) is 4.01. The first kappa shape index (κ1) is 23.9. The van der Waals surface area contributed by atoms with Gasteiger partial charge in [0.2, 0.25) is 5.91 Å². The summed E-state index contributed by atoms with van der Waals surface area (Å²) in [6, 6.07) is 12.8. The highest BCUT2D eigenvalue weighted by Gasteiger charge is 2.41. The zero-order valence-corrected chi connectivity index (χ0v) is 19.8. The smallest absolute Gasteiger partial charge is 0.264 e. The zero-order chi connectivity index (χ0) is 22.6. The third-order valence-electron chi connectivity index (χ3n) is 5.65. The van der Waals surface area contributed by atoms with E-state index in [1.54, 1.807) is 24.1 Å². The van der Waals surface area contributed by atoms with Crippen molar-refractivity contribution in [1.82, 2.24) is 4.90 Å². The first-order valence-electron chi connectivity index (χ1n) is 9.83. The Morgan fingerprint density at radius 2 is 1.90 bits per heavy atom. The molecular formula is C22H25Cl2NO5S. The molecule has 0 aromatic heterocycles. The SMILES string of the molecule is COc1ccccc1CC(=O)N1CC[C@](CCOS(C)(=O)=O)(c2ccc(Cl)c(Cl)c2)C1. The summed E-state index contributed by atoms with van der Waals surface area (Å²) >= 11 is 12.3. The predicted molar refractivity (Wildman–Crippen MR) is 121 cm³/mol. The molecule has 1 atom stereocenters. The van der Waals surface area contributed by atoms with E-state index in [1.165, 1.54) is 0 Å². The third-order valence-corrected chi connectivity index (χ3v) is 6.98. The van der Waals surface area contributed by atoms with Crippen molar-refractivity contribution in [2.45, 2.75) is 24.7 Å². The Morgan fingerprint density at radius 1 is 1.16 bits per heavy atom. The van der Waals surface area contributed by atoms with Crippen molar-refractivity contribution in [3.8, 4) is 5.75 Å². The summed E-state index contributed by atoms with van der Waals surface area (Å²) in [6.45, 7) is 1.01. The van der Waals surface area contributed by atoms with Crippen LogP contribution in [0.1, 0.15) is 24.0 Å². The molecule has 1 heterocycles. The molecule has 6 nitrogen and oxygen atoms in total. The summed E-state index contributed by atoms with van der Waals surface area (Å²) in [6.07, 6.45) is 2.34. The fraction of sp³-hybridized carbons (Fsp3) is 0.409. The van der Waals surface area contributed by atoms with E-state index in [-0.39, 0.29) is 18.9 Å². The van der Waals surface area contributed by atoms with Crippen LogP contribution in [-0.2, 0) is 30.9 Å². The number of carbonyl (C=O) groups excluding carboxylic acids is 1. The Morgan fingerprint density at radius 3 is 2.58 bits per heavy atom. The maximum absolute atomic E-state index is 13.1. The first-order valence-corrected chi connectivity index (χ1v) is 12.4. The molecule has 168 valence electrons. The molecule has 0 unspecified atom stereocenters. The maximum atomic E-state index is 13.1. The van der Waals surface area contributed by atoms with Gasteiger partial charge in [-0.3, -0.25) is 8.98 Å². The van der Waals surface area contributed by atoms with E-state index in [4.69, 9.17) is 32.1 Å². The Bertz CT molecular complexity index is 1060. The summed E-state index contributed by atoms with van der Waals surface area (Å²) in [7, 11) is -1.98. The lowest BCUT2D eigenvalue weighted by molar-refractivity contribution is -0.129. The van der Waals surface area contributed by atoms with Crippen LogP contribution in [0.3, 0.4) is 0 Å². The van der Waals surface area contributed by atoms with Crippen LogP contribution in [0.5, 0.6) is 5.75 Å². The molecule has 1 fully saturated rings. The molecular weight excluding hydrogens is 461 g/mol. The van der Waals surface area contributed by atoms with E-state index >= 15 is 0 Å². The minimum absolute atomic E-state index is 0.0181. The van der Waals surface area contributed by atoms with Gasteiger partial charge in [-0.25, -0.2) is 0 Å². The molecule has 1 saturated heterocycles. The molecule has 0 aliphatic carbocycles. The number of rotatable bonds is 8. The highest BCUT2D eigenvalue weighted by atomic mass is 35.5. The van der Waals surface area contributed by atoms with Crippen LogP contribution in [0, 0.1) is 0 Å². The van der Waals surface area contributed by atoms with Crippen LogP contribution in [0.15, 0.2) is 42.5 Å². The van der Waals surface area contributed by atoms with Gasteiger partial charge >= 0.3 is 0 Å². The number of ether oxygens (including phenoxy) is 1. The maximum Gasteiger partial charge on any atom is 0.264 e. The molecule has 0 N–H and O–H groups in total. The van der Waals surface area contributed by atoms with Crippen molar-refractivity contribution < 1.29 is 22.1 Å². The number of carbonyl (C=O) groups is 1. The van der Waals surface area contributed by atoms with Crippen molar-refractivity contribution in [2.24, 2.45) is 0 Å². The Balaban J connectivity index is 1.81. The summed E-state index contributed by atoms with van der Waals surface area (Å²) in [5, 5.41) is 0.858. The van der Waals surface area contributed by atoms with Crippen molar-refractivity contribution >= 4 is 39.2 Å². The molecule has 0 saturated carbocycles. The van der Waals surface area contributed by atoms with E-state index < -0.39 is 15.5 Å². The fourth-order valence-corrected chi connectivity index (χ4v) is 4.69. The second-order valence-corrected chi connectivity index (χ2v) is 10.2. The van der Waals surface area contributed by atoms with E-state index in [2.05, 4.69) is 0 Å². The molecule has 31 heavy (non-hydrogen) atoms. The van der Waals surface area contributed by atoms with E-state index in [9.17, 15) is 13.2 Å². The molecule has 0 spiro atoms. The first-order chi connectivity index (χ1) is 14.6. The summed E-state index contributed by atoms with van der Waals surface area (Å²) < 4.78 is 33.3. The lowest BCUT2D eigenvalue weighted by atomic mass is 9.77. The number of hydrogen-bond donors (Lipinski definition) is 0. The number of methoxy groups -OCH3 is 1. The van der Waals surface area contributed by atoms with Crippen molar-refractivity contribution in [3.63, 3.8) is 0 Å². The van der Waals surface area contributed by atoms with Crippen molar-refractivity contribution in [1.29, 1.82) is 0 Å². The van der Waals surface area contributed by atoms with Gasteiger partial charge in [0.05, 0.1) is 36.4 Å². The van der Waals surface area contributed by atoms with E-state index in [0.29, 0.717) is 41.7 Å². The van der Waals surface area contributed by atoms with Crippen LogP contribution < -0.4 is 4.74 Å². The summed E-state index contributed by atoms with van der Waals surface area (Å²) in [4.78, 5) is 14.9. The second-order valence-electron chi connectivity index (χ2n) is 7.74. The standard InChI is InChI=1S/C22H25Cl2NO5S/c1-29-20-6-4-3-5-16(20)13-21(26)25-11-9-22(15-25,10-12-30-31(2,27)28)17-7-8-18(23)19(24)14-17/h3-8,14H,9-13,15H2,1-2H3/t22-/m1/s1. The van der Waals surface area contributed by atoms with Gasteiger partial charge in [0.15, 0.2) is 0 Å². The van der Waals surface area contributed by atoms with Crippen molar-refractivity contribution in [3.05, 3.63) is 63.6 Å². The number of benzene rings is 2. The van der Waals surface area contributed by atoms with Gasteiger partial charge in [-0.2, -0.15) is 8.42 Å². The van der Waals surface area contributed by atoms with E-state index in [0.717, 1.165) is 17.4 Å². The summed E-state index contributed by atoms with van der Waals surface area (Å²) in [5.41, 5.74) is 1.25. The second kappa shape index (κ2) is 9.77. The van der Waals surface area contributed by atoms with Crippen LogP contribution in [-0.4, -0.2) is 52.3 Å². The molecule has 3 rings (SSSR count). The molecule has 1 aliphatic rings. The minimum Gasteiger partial charge on any atom is -0.496 e. The monoisotopic (exact) mass is 485 g/mol. The van der Waals surface area contributed by atoms with Gasteiger partial charge in [-0.15, -0.1) is 0 Å². The lowest BCUT2D eigenvalue weighted by Gasteiger charge is -2.30. The van der Waals surface area contributed by atoms with Crippen molar-refractivity contribution in [2.75, 3.05) is 33.1 Å². The Hall–Kier alpha value is -1.80. The number of halogens is 2.